The minimum Gasteiger partial charge on any atom is -0.474 e. The van der Waals surface area contributed by atoms with Gasteiger partial charge in [0, 0.05) is 5.56 Å². The van der Waals surface area contributed by atoms with E-state index in [0.717, 1.165) is 5.56 Å². The van der Waals surface area contributed by atoms with E-state index in [9.17, 15) is 4.79 Å². The Morgan fingerprint density at radius 2 is 1.17 bits per heavy atom. The molecular weight excluding hydrogens is 392 g/mol. The van der Waals surface area contributed by atoms with Crippen molar-refractivity contribution < 1.29 is 14.3 Å². The standard InChI is InChI=1S/C26H19O3S/c27-26-25(23-13-7-8-14-24(23)29-26)28-19-15-17-22(18-16-19)30(20-9-3-1-4-10-20)21-11-5-2-6-12-21/h1-18,25H/q+1. The van der Waals surface area contributed by atoms with Crippen LogP contribution in [0.3, 0.4) is 0 Å². The molecule has 0 N–H and O–H groups in total. The van der Waals surface area contributed by atoms with Crippen LogP contribution < -0.4 is 9.47 Å². The van der Waals surface area contributed by atoms with Gasteiger partial charge in [0.15, 0.2) is 14.7 Å². The van der Waals surface area contributed by atoms with Gasteiger partial charge in [-0.05, 0) is 54.6 Å². The van der Waals surface area contributed by atoms with E-state index < -0.39 is 6.10 Å². The highest BCUT2D eigenvalue weighted by molar-refractivity contribution is 7.97. The van der Waals surface area contributed by atoms with E-state index in [0.29, 0.717) is 11.5 Å². The van der Waals surface area contributed by atoms with Crippen molar-refractivity contribution in [2.24, 2.45) is 0 Å². The molecule has 3 nitrogen and oxygen atoms in total. The van der Waals surface area contributed by atoms with E-state index in [1.807, 2.05) is 42.5 Å². The average molecular weight is 412 g/mol. The highest BCUT2D eigenvalue weighted by atomic mass is 32.2. The summed E-state index contributed by atoms with van der Waals surface area (Å²) in [6, 6.07) is 36.3. The van der Waals surface area contributed by atoms with Crippen LogP contribution in [0.5, 0.6) is 11.5 Å². The summed E-state index contributed by atoms with van der Waals surface area (Å²) >= 11 is 0. The summed E-state index contributed by atoms with van der Waals surface area (Å²) in [6.45, 7) is 0. The molecule has 0 saturated heterocycles. The lowest BCUT2D eigenvalue weighted by molar-refractivity contribution is -0.139. The van der Waals surface area contributed by atoms with Crippen molar-refractivity contribution in [2.75, 3.05) is 0 Å². The van der Waals surface area contributed by atoms with Crippen LogP contribution in [-0.2, 0) is 15.7 Å². The first kappa shape index (κ1) is 18.5. The first-order chi connectivity index (χ1) is 14.8. The maximum Gasteiger partial charge on any atom is 0.357 e. The van der Waals surface area contributed by atoms with Gasteiger partial charge in [0.2, 0.25) is 6.10 Å². The summed E-state index contributed by atoms with van der Waals surface area (Å²) in [5, 5.41) is 0. The maximum atomic E-state index is 12.2. The summed E-state index contributed by atoms with van der Waals surface area (Å²) < 4.78 is 11.3. The van der Waals surface area contributed by atoms with E-state index in [-0.39, 0.29) is 16.9 Å². The van der Waals surface area contributed by atoms with Gasteiger partial charge in [-0.25, -0.2) is 4.79 Å². The van der Waals surface area contributed by atoms with Crippen LogP contribution in [0.4, 0.5) is 0 Å². The van der Waals surface area contributed by atoms with Crippen molar-refractivity contribution in [1.29, 1.82) is 0 Å². The van der Waals surface area contributed by atoms with Gasteiger partial charge in [0.1, 0.15) is 11.5 Å². The molecule has 4 aromatic carbocycles. The van der Waals surface area contributed by atoms with Crippen LogP contribution in [0.15, 0.2) is 124 Å². The van der Waals surface area contributed by atoms with E-state index >= 15 is 0 Å². The smallest absolute Gasteiger partial charge is 0.357 e. The van der Waals surface area contributed by atoms with Gasteiger partial charge < -0.3 is 9.47 Å². The molecule has 5 rings (SSSR count). The van der Waals surface area contributed by atoms with Crippen LogP contribution >= 0.6 is 0 Å². The Balaban J connectivity index is 1.44. The fourth-order valence-corrected chi connectivity index (χ4v) is 5.59. The Hall–Kier alpha value is -3.50. The average Bonchev–Trinajstić information content (AvgIpc) is 3.12. The lowest BCUT2D eigenvalue weighted by atomic mass is 10.1. The Bertz CT molecular complexity index is 1120. The number of hydrogen-bond acceptors (Lipinski definition) is 3. The second-order valence-corrected chi connectivity index (χ2v) is 8.89. The van der Waals surface area contributed by atoms with Crippen molar-refractivity contribution in [3.8, 4) is 11.5 Å². The zero-order valence-corrected chi connectivity index (χ0v) is 16.9. The van der Waals surface area contributed by atoms with Gasteiger partial charge in [-0.3, -0.25) is 0 Å². The summed E-state index contributed by atoms with van der Waals surface area (Å²) in [5.41, 5.74) is 0.764. The zero-order valence-electron chi connectivity index (χ0n) is 16.1. The van der Waals surface area contributed by atoms with Gasteiger partial charge in [-0.1, -0.05) is 54.6 Å². The third-order valence-corrected chi connectivity index (χ3v) is 7.13. The van der Waals surface area contributed by atoms with Crippen LogP contribution in [-0.4, -0.2) is 5.97 Å². The number of para-hydroxylation sites is 1. The summed E-state index contributed by atoms with van der Waals surface area (Å²) in [7, 11) is -0.217. The number of rotatable bonds is 5. The van der Waals surface area contributed by atoms with Gasteiger partial charge in [-0.2, -0.15) is 0 Å². The van der Waals surface area contributed by atoms with Crippen molar-refractivity contribution >= 4 is 16.9 Å². The predicted octanol–water partition coefficient (Wildman–Crippen LogP) is 5.82. The molecule has 1 aliphatic rings. The molecule has 0 aliphatic carbocycles. The molecule has 30 heavy (non-hydrogen) atoms. The largest absolute Gasteiger partial charge is 0.474 e. The third kappa shape index (κ3) is 3.58. The number of ether oxygens (including phenoxy) is 2. The van der Waals surface area contributed by atoms with Crippen molar-refractivity contribution in [3.05, 3.63) is 115 Å². The molecule has 1 atom stereocenters. The first-order valence-corrected chi connectivity index (χ1v) is 10.9. The molecule has 1 unspecified atom stereocenters. The lowest BCUT2D eigenvalue weighted by Crippen LogP contribution is -2.16. The number of esters is 1. The Labute approximate surface area is 178 Å². The van der Waals surface area contributed by atoms with Gasteiger partial charge in [-0.15, -0.1) is 0 Å². The molecule has 0 amide bonds. The van der Waals surface area contributed by atoms with Gasteiger partial charge in [0.25, 0.3) is 0 Å². The van der Waals surface area contributed by atoms with Crippen LogP contribution in [0.25, 0.3) is 0 Å². The normalized spacial score (nSPS) is 15.0. The quantitative estimate of drug-likeness (QED) is 0.236. The second kappa shape index (κ2) is 8.09. The van der Waals surface area contributed by atoms with Crippen molar-refractivity contribution in [3.63, 3.8) is 0 Å². The minimum atomic E-state index is -0.728. The van der Waals surface area contributed by atoms with Crippen LogP contribution in [0, 0.1) is 0 Å². The molecule has 146 valence electrons. The van der Waals surface area contributed by atoms with Gasteiger partial charge >= 0.3 is 5.97 Å². The molecule has 1 heterocycles. The second-order valence-electron chi connectivity index (χ2n) is 6.86. The highest BCUT2D eigenvalue weighted by Crippen LogP contribution is 2.37. The molecule has 0 radical (unpaired) electrons. The zero-order chi connectivity index (χ0) is 20.3. The topological polar surface area (TPSA) is 35.5 Å². The third-order valence-electron chi connectivity index (χ3n) is 4.90. The number of carbonyl (C=O) groups excluding carboxylic acids is 1. The van der Waals surface area contributed by atoms with Crippen molar-refractivity contribution in [1.82, 2.24) is 0 Å². The SMILES string of the molecule is O=C1Oc2ccccc2C1Oc1ccc([S+](c2ccccc2)c2ccccc2)cc1. The van der Waals surface area contributed by atoms with Crippen LogP contribution in [0.1, 0.15) is 11.7 Å². The Morgan fingerprint density at radius 1 is 0.633 bits per heavy atom. The predicted molar refractivity (Wildman–Crippen MR) is 117 cm³/mol. The molecule has 4 heteroatoms. The van der Waals surface area contributed by atoms with Crippen LogP contribution in [0.2, 0.25) is 0 Å². The van der Waals surface area contributed by atoms with E-state index in [1.165, 1.54) is 14.7 Å². The fraction of sp³-hybridized carbons (Fsp3) is 0.0385. The molecule has 4 aromatic rings. The maximum absolute atomic E-state index is 12.2. The van der Waals surface area contributed by atoms with Gasteiger partial charge in [0.05, 0.1) is 10.9 Å². The molecule has 0 aromatic heterocycles. The van der Waals surface area contributed by atoms with E-state index in [4.69, 9.17) is 9.47 Å². The molecule has 0 fully saturated rings. The van der Waals surface area contributed by atoms with E-state index in [1.54, 1.807) is 6.07 Å². The monoisotopic (exact) mass is 411 g/mol. The summed E-state index contributed by atoms with van der Waals surface area (Å²) in [5.74, 6) is 0.828. The summed E-state index contributed by atoms with van der Waals surface area (Å²) in [6.07, 6.45) is -0.728. The molecule has 0 spiro atoms. The minimum absolute atomic E-state index is 0.217. The molecule has 0 saturated carbocycles. The first-order valence-electron chi connectivity index (χ1n) is 9.71. The lowest BCUT2D eigenvalue weighted by Gasteiger charge is -2.12. The summed E-state index contributed by atoms with van der Waals surface area (Å²) in [4.78, 5) is 15.9. The number of carbonyl (C=O) groups is 1. The molecular formula is C26H19O3S+. The Morgan fingerprint density at radius 3 is 1.80 bits per heavy atom. The van der Waals surface area contributed by atoms with Crippen molar-refractivity contribution in [2.45, 2.75) is 20.8 Å². The number of hydrogen-bond donors (Lipinski definition) is 0. The fourth-order valence-electron chi connectivity index (χ4n) is 3.50. The Kier molecular flexibility index (Phi) is 4.99. The highest BCUT2D eigenvalue weighted by Gasteiger charge is 2.35. The van der Waals surface area contributed by atoms with E-state index in [2.05, 4.69) is 60.7 Å². The molecule has 0 bridgehead atoms. The number of fused-ring (bicyclic) bond motifs is 1. The number of benzene rings is 4. The molecule has 1 aliphatic heterocycles.